The molecule has 0 bridgehead atoms. The van der Waals surface area contributed by atoms with E-state index in [1.807, 2.05) is 14.7 Å². The Labute approximate surface area is 161 Å². The molecule has 2 N–H and O–H groups in total. The van der Waals surface area contributed by atoms with Crippen LogP contribution in [0.1, 0.15) is 48.5 Å². The molecule has 0 saturated carbocycles. The molecule has 0 heterocycles. The standard InChI is InChI=1S/C9H13.C4H10N.C2H5O.CH3O.CH3.2ClH.H2Si.Ti/c1-6-5-7(2)9(4)8(6)3;1-4(2,3)5;1-2-3;1-2;;;;;/h6H,1-4H3;5H,1-3H3;3H,1-2H2;1H3;1H3;2*1H;1H2;/q;-1;;-1;;;;;+2. The van der Waals surface area contributed by atoms with E-state index in [1.54, 1.807) is 0 Å². The Bertz CT molecular complexity index is 651. The van der Waals surface area contributed by atoms with Gasteiger partial charge in [-0.05, 0) is 0 Å². The maximum Gasteiger partial charge on any atom is -0.147 e. The molecule has 0 radical (unpaired) electrons. The van der Waals surface area contributed by atoms with Gasteiger partial charge in [0, 0.05) is 0 Å². The summed E-state index contributed by atoms with van der Waals surface area (Å²) >= 11 is -4.28. The van der Waals surface area contributed by atoms with Crippen LogP contribution in [0.5, 0.6) is 0 Å². The second kappa shape index (κ2) is 7.48. The van der Waals surface area contributed by atoms with E-state index in [-0.39, 0.29) is 37.0 Å². The van der Waals surface area contributed by atoms with E-state index in [1.165, 1.54) is 20.6 Å². The summed E-state index contributed by atoms with van der Waals surface area (Å²) in [5, 5.41) is 12.2. The van der Waals surface area contributed by atoms with Crippen LogP contribution in [0.25, 0.3) is 0 Å². The predicted octanol–water partition coefficient (Wildman–Crippen LogP) is 4.19. The van der Waals surface area contributed by atoms with E-state index in [2.05, 4.69) is 57.5 Å². The van der Waals surface area contributed by atoms with Gasteiger partial charge in [-0.25, -0.2) is 0 Å². The smallest absolute Gasteiger partial charge is 0.147 e. The van der Waals surface area contributed by atoms with E-state index in [0.717, 1.165) is 0 Å². The minimum absolute atomic E-state index is 0. The Kier molecular flexibility index (Phi) is 8.44. The molecule has 1 aliphatic rings. The number of aliphatic hydroxyl groups excluding tert-OH is 1. The Morgan fingerprint density at radius 1 is 1.17 bits per heavy atom. The number of halogens is 2. The molecule has 0 amide bonds. The van der Waals surface area contributed by atoms with Crippen LogP contribution in [-0.2, 0) is 16.7 Å². The van der Waals surface area contributed by atoms with Crippen LogP contribution < -0.4 is 3.80 Å². The molecule has 1 atom stereocenters. The number of hydrogen-bond donors (Lipinski definition) is 2. The molecule has 145 valence electrons. The summed E-state index contributed by atoms with van der Waals surface area (Å²) in [4.78, 5) is 0. The molecule has 0 aliphatic heterocycles. The molecule has 0 aromatic carbocycles. The average Bonchev–Trinajstić information content (AvgIpc) is 2.53. The molecule has 3 nitrogen and oxygen atoms in total. The molecule has 24 heavy (non-hydrogen) atoms. The van der Waals surface area contributed by atoms with Crippen LogP contribution in [0.15, 0.2) is 20.6 Å². The third kappa shape index (κ3) is 4.40. The van der Waals surface area contributed by atoms with Gasteiger partial charge in [-0.1, -0.05) is 0 Å². The fraction of sp³-hybridized carbons (Fsp3) is 0.765. The van der Waals surface area contributed by atoms with Crippen LogP contribution in [-0.4, -0.2) is 32.0 Å². The van der Waals surface area contributed by atoms with Crippen molar-refractivity contribution in [2.24, 2.45) is 5.92 Å². The van der Waals surface area contributed by atoms with Gasteiger partial charge >= 0.3 is 137 Å². The second-order valence-electron chi connectivity index (χ2n) is 9.11. The van der Waals surface area contributed by atoms with E-state index in [9.17, 15) is 5.11 Å². The zero-order chi connectivity index (χ0) is 17.6. The van der Waals surface area contributed by atoms with Crippen molar-refractivity contribution < 1.29 is 21.8 Å². The average molecular weight is 435 g/mol. The van der Waals surface area contributed by atoms with Crippen LogP contribution in [0, 0.1) is 5.92 Å². The van der Waals surface area contributed by atoms with Crippen molar-refractivity contribution in [3.63, 3.8) is 0 Å². The third-order valence-corrected chi connectivity index (χ3v) is 22.3. The minimum atomic E-state index is -4.28. The van der Waals surface area contributed by atoms with Gasteiger partial charge in [-0.15, -0.1) is 24.8 Å². The first-order chi connectivity index (χ1) is 9.66. The topological polar surface area (TPSA) is 41.5 Å². The van der Waals surface area contributed by atoms with Crippen LogP contribution in [0.4, 0.5) is 0 Å². The minimum Gasteiger partial charge on any atom is -0.147 e. The zero-order valence-corrected chi connectivity index (χ0v) is 21.5. The number of allylic oxidation sites excluding steroid dienone is 4. The Morgan fingerprint density at radius 2 is 1.62 bits per heavy atom. The number of hydrogen-bond acceptors (Lipinski definition) is 3. The number of rotatable bonds is 5. The van der Waals surface area contributed by atoms with Gasteiger partial charge in [0.05, 0.1) is 0 Å². The monoisotopic (exact) mass is 434 g/mol. The summed E-state index contributed by atoms with van der Waals surface area (Å²) in [6, 6.07) is 0. The first-order valence-corrected chi connectivity index (χ1v) is 17.2. The predicted molar refractivity (Wildman–Crippen MR) is 111 cm³/mol. The molecule has 1 rings (SSSR count). The zero-order valence-electron chi connectivity index (χ0n) is 16.9. The summed E-state index contributed by atoms with van der Waals surface area (Å²) in [6.45, 7) is 15.6. The van der Waals surface area contributed by atoms with Gasteiger partial charge in [0.15, 0.2) is 0 Å². The van der Waals surface area contributed by atoms with E-state index < -0.39 is 13.4 Å². The largest absolute Gasteiger partial charge is 0.147 e. The molecule has 0 aromatic rings. The van der Waals surface area contributed by atoms with Gasteiger partial charge in [-0.3, -0.25) is 0 Å². The van der Waals surface area contributed by atoms with Gasteiger partial charge < -0.3 is 0 Å². The quantitative estimate of drug-likeness (QED) is 0.637. The first-order valence-electron chi connectivity index (χ1n) is 8.29. The van der Waals surface area contributed by atoms with E-state index in [0.29, 0.717) is 10.6 Å². The maximum absolute atomic E-state index is 9.92. The van der Waals surface area contributed by atoms with Crippen LogP contribution >= 0.6 is 24.8 Å². The van der Waals surface area contributed by atoms with Crippen LogP contribution in [0.2, 0.25) is 9.95 Å². The Balaban J connectivity index is 0. The van der Waals surface area contributed by atoms with E-state index >= 15 is 0 Å². The molecular formula is C17H38Cl2NO2SiTi. The van der Waals surface area contributed by atoms with Crippen molar-refractivity contribution in [2.75, 3.05) is 13.7 Å². The number of aliphatic hydroxyl groups is 1. The van der Waals surface area contributed by atoms with E-state index in [4.69, 9.17) is 3.32 Å². The molecular weight excluding hydrogens is 397 g/mol. The van der Waals surface area contributed by atoms with Crippen LogP contribution in [0.3, 0.4) is 0 Å². The number of nitrogens with one attached hydrogen (secondary N) is 1. The van der Waals surface area contributed by atoms with Gasteiger partial charge in [0.1, 0.15) is 0 Å². The normalized spacial score (nSPS) is 21.8. The molecule has 0 spiro atoms. The molecule has 0 saturated heterocycles. The van der Waals surface area contributed by atoms with Crippen molar-refractivity contribution in [1.29, 1.82) is 0 Å². The Hall–Kier alpha value is 0.871. The van der Waals surface area contributed by atoms with Crippen molar-refractivity contribution >= 4 is 32.4 Å². The molecule has 7 heteroatoms. The summed E-state index contributed by atoms with van der Waals surface area (Å²) in [5.74, 6) is 0.369. The van der Waals surface area contributed by atoms with Crippen molar-refractivity contribution in [2.45, 2.75) is 64.0 Å². The van der Waals surface area contributed by atoms with Gasteiger partial charge in [0.25, 0.3) is 0 Å². The third-order valence-electron chi connectivity index (χ3n) is 5.91. The Morgan fingerprint density at radius 3 is 1.88 bits per heavy atom. The summed E-state index contributed by atoms with van der Waals surface area (Å²) in [5.41, 5.74) is 4.10. The SMILES string of the molecule is C[O][Ti]([CH3])(=[SiH2])([CH2]CO)([NH]C(C)(C)C)[C]1=C(C)C(C)=C(C)C1C.Cl.Cl. The second-order valence-corrected chi connectivity index (χ2v) is 30.2. The van der Waals surface area contributed by atoms with Crippen molar-refractivity contribution in [3.05, 3.63) is 20.6 Å². The van der Waals surface area contributed by atoms with Crippen molar-refractivity contribution in [1.82, 2.24) is 3.80 Å². The summed E-state index contributed by atoms with van der Waals surface area (Å²) in [7, 11) is 3.85. The maximum atomic E-state index is 9.92. The first kappa shape index (κ1) is 27.1. The summed E-state index contributed by atoms with van der Waals surface area (Å²) in [6.07, 6.45) is 0. The molecule has 1 aliphatic carbocycles. The summed E-state index contributed by atoms with van der Waals surface area (Å²) < 4.78 is 12.6. The fourth-order valence-electron chi connectivity index (χ4n) is 4.83. The molecule has 0 fully saturated rings. The fourth-order valence-corrected chi connectivity index (χ4v) is 21.5. The van der Waals surface area contributed by atoms with Crippen molar-refractivity contribution in [3.8, 4) is 0 Å². The van der Waals surface area contributed by atoms with Gasteiger partial charge in [-0.2, -0.15) is 0 Å². The molecule has 1 unspecified atom stereocenters. The molecule has 0 aromatic heterocycles. The van der Waals surface area contributed by atoms with Gasteiger partial charge in [0.2, 0.25) is 0 Å².